The van der Waals surface area contributed by atoms with E-state index in [9.17, 15) is 9.90 Å². The fourth-order valence-corrected chi connectivity index (χ4v) is 3.76. The van der Waals surface area contributed by atoms with E-state index < -0.39 is 0 Å². The number of nitrogens with one attached hydrogen (secondary N) is 1. The first-order chi connectivity index (χ1) is 11.7. The summed E-state index contributed by atoms with van der Waals surface area (Å²) in [5, 5.41) is 17.8. The number of benzene rings is 1. The van der Waals surface area contributed by atoms with Gasteiger partial charge in [-0.3, -0.25) is 4.79 Å². The molecule has 2 N–H and O–H groups in total. The van der Waals surface area contributed by atoms with Gasteiger partial charge in [-0.25, -0.2) is 0 Å². The van der Waals surface area contributed by atoms with E-state index in [1.54, 1.807) is 0 Å². The average molecular weight is 327 g/mol. The number of amides is 1. The molecule has 2 aromatic rings. The van der Waals surface area contributed by atoms with Crippen molar-refractivity contribution < 1.29 is 9.90 Å². The van der Waals surface area contributed by atoms with Gasteiger partial charge in [0.2, 0.25) is 5.91 Å². The summed E-state index contributed by atoms with van der Waals surface area (Å²) in [7, 11) is 0. The number of carbonyl (C=O) groups excluding carboxylic acids is 1. The Morgan fingerprint density at radius 2 is 2.08 bits per heavy atom. The molecule has 5 nitrogen and oxygen atoms in total. The molecular formula is C19H25N3O2. The van der Waals surface area contributed by atoms with Gasteiger partial charge in [0.1, 0.15) is 6.54 Å². The van der Waals surface area contributed by atoms with Gasteiger partial charge in [0.05, 0.1) is 6.61 Å². The van der Waals surface area contributed by atoms with Crippen molar-refractivity contribution in [2.75, 3.05) is 13.2 Å². The Morgan fingerprint density at radius 3 is 2.79 bits per heavy atom. The van der Waals surface area contributed by atoms with Crippen LogP contribution in [0.1, 0.15) is 37.7 Å². The third-order valence-corrected chi connectivity index (χ3v) is 4.99. The second kappa shape index (κ2) is 7.62. The van der Waals surface area contributed by atoms with Crippen LogP contribution in [-0.4, -0.2) is 45.9 Å². The highest BCUT2D eigenvalue weighted by atomic mass is 16.3. The molecule has 1 aromatic carbocycles. The lowest BCUT2D eigenvalue weighted by atomic mass is 9.94. The number of aliphatic hydroxyl groups is 1. The largest absolute Gasteiger partial charge is 0.395 e. The first kappa shape index (κ1) is 16.7. The zero-order chi connectivity index (χ0) is 16.9. The first-order valence-electron chi connectivity index (χ1n) is 8.73. The van der Waals surface area contributed by atoms with E-state index in [1.165, 1.54) is 12.6 Å². The monoisotopic (exact) mass is 327 g/mol. The number of aliphatic hydroxyl groups excluding tert-OH is 1. The molecule has 24 heavy (non-hydrogen) atoms. The average Bonchev–Trinajstić information content (AvgIpc) is 3.03. The maximum absolute atomic E-state index is 12.8. The van der Waals surface area contributed by atoms with Gasteiger partial charge in [0.25, 0.3) is 0 Å². The van der Waals surface area contributed by atoms with Crippen molar-refractivity contribution in [3.05, 3.63) is 36.0 Å². The Bertz CT molecular complexity index is 716. The Morgan fingerprint density at radius 1 is 1.29 bits per heavy atom. The minimum Gasteiger partial charge on any atom is -0.395 e. The summed E-state index contributed by atoms with van der Waals surface area (Å²) in [6.07, 6.45) is 8.89. The van der Waals surface area contributed by atoms with Crippen LogP contribution in [0.25, 0.3) is 10.9 Å². The van der Waals surface area contributed by atoms with E-state index in [4.69, 9.17) is 5.41 Å². The summed E-state index contributed by atoms with van der Waals surface area (Å²) in [5.41, 5.74) is 1.83. The van der Waals surface area contributed by atoms with E-state index in [0.717, 1.165) is 42.1 Å². The Hall–Kier alpha value is -2.14. The van der Waals surface area contributed by atoms with Gasteiger partial charge in [-0.2, -0.15) is 0 Å². The van der Waals surface area contributed by atoms with Crippen LogP contribution in [0.15, 0.2) is 30.5 Å². The Labute approximate surface area is 142 Å². The quantitative estimate of drug-likeness (QED) is 0.801. The minimum absolute atomic E-state index is 0.00656. The normalized spacial score (nSPS) is 15.5. The topological polar surface area (TPSA) is 69.3 Å². The molecule has 1 aliphatic carbocycles. The van der Waals surface area contributed by atoms with Crippen molar-refractivity contribution in [2.24, 2.45) is 0 Å². The van der Waals surface area contributed by atoms with Crippen molar-refractivity contribution in [1.82, 2.24) is 9.47 Å². The summed E-state index contributed by atoms with van der Waals surface area (Å²) in [6, 6.07) is 8.02. The highest BCUT2D eigenvalue weighted by Crippen LogP contribution is 2.24. The van der Waals surface area contributed by atoms with Gasteiger partial charge in [-0.1, -0.05) is 31.4 Å². The van der Waals surface area contributed by atoms with Crippen molar-refractivity contribution in [3.63, 3.8) is 0 Å². The molecule has 1 fully saturated rings. The van der Waals surface area contributed by atoms with E-state index >= 15 is 0 Å². The lowest BCUT2D eigenvalue weighted by Gasteiger charge is -2.34. The van der Waals surface area contributed by atoms with E-state index in [0.29, 0.717) is 6.54 Å². The predicted octanol–water partition coefficient (Wildman–Crippen LogP) is 2.79. The molecule has 0 bridgehead atoms. The second-order valence-electron chi connectivity index (χ2n) is 6.47. The molecule has 1 aromatic heterocycles. The van der Waals surface area contributed by atoms with Crippen molar-refractivity contribution in [2.45, 2.75) is 44.7 Å². The van der Waals surface area contributed by atoms with Crippen LogP contribution in [0, 0.1) is 5.41 Å². The second-order valence-corrected chi connectivity index (χ2v) is 6.47. The Kier molecular flexibility index (Phi) is 5.30. The van der Waals surface area contributed by atoms with Crippen LogP contribution < -0.4 is 0 Å². The number of fused-ring (bicyclic) bond motifs is 1. The smallest absolute Gasteiger partial charge is 0.242 e. The van der Waals surface area contributed by atoms with Crippen LogP contribution in [0.5, 0.6) is 0 Å². The fraction of sp³-hybridized carbons (Fsp3) is 0.474. The highest BCUT2D eigenvalue weighted by molar-refractivity contribution is 5.98. The number of hydrogen-bond acceptors (Lipinski definition) is 3. The minimum atomic E-state index is 0.00656. The summed E-state index contributed by atoms with van der Waals surface area (Å²) >= 11 is 0. The van der Waals surface area contributed by atoms with E-state index in [-0.39, 0.29) is 25.1 Å². The molecule has 1 amide bonds. The van der Waals surface area contributed by atoms with E-state index in [1.807, 2.05) is 39.9 Å². The first-order valence-corrected chi connectivity index (χ1v) is 8.73. The van der Waals surface area contributed by atoms with Crippen LogP contribution in [0.4, 0.5) is 0 Å². The molecule has 128 valence electrons. The molecule has 1 aliphatic rings. The van der Waals surface area contributed by atoms with Gasteiger partial charge < -0.3 is 20.0 Å². The third-order valence-electron chi connectivity index (χ3n) is 4.99. The number of aromatic nitrogens is 1. The zero-order valence-electron chi connectivity index (χ0n) is 13.9. The van der Waals surface area contributed by atoms with Gasteiger partial charge in [-0.15, -0.1) is 0 Å². The maximum Gasteiger partial charge on any atom is 0.242 e. The van der Waals surface area contributed by atoms with Gasteiger partial charge >= 0.3 is 0 Å². The lowest BCUT2D eigenvalue weighted by molar-refractivity contribution is -0.135. The molecular weight excluding hydrogens is 302 g/mol. The molecule has 1 heterocycles. The fourth-order valence-electron chi connectivity index (χ4n) is 3.76. The molecule has 5 heteroatoms. The maximum atomic E-state index is 12.8. The van der Waals surface area contributed by atoms with Crippen molar-refractivity contribution in [1.29, 1.82) is 5.41 Å². The standard InChI is InChI=1S/C19H25N3O2/c20-13-15-5-4-8-18-17(15)9-10-21(18)14-19(24)22(11-12-23)16-6-2-1-3-7-16/h4-5,8-10,13,16,20,23H,1-3,6-7,11-12,14H2. The van der Waals surface area contributed by atoms with Crippen LogP contribution >= 0.6 is 0 Å². The zero-order valence-corrected chi connectivity index (χ0v) is 13.9. The van der Waals surface area contributed by atoms with Gasteiger partial charge in [0, 0.05) is 41.5 Å². The van der Waals surface area contributed by atoms with E-state index in [2.05, 4.69) is 0 Å². The lowest BCUT2D eigenvalue weighted by Crippen LogP contribution is -2.44. The van der Waals surface area contributed by atoms with Crippen molar-refractivity contribution >= 4 is 23.0 Å². The summed E-state index contributed by atoms with van der Waals surface area (Å²) < 4.78 is 1.94. The molecule has 0 radical (unpaired) electrons. The molecule has 3 rings (SSSR count). The molecule has 0 saturated heterocycles. The van der Waals surface area contributed by atoms with Crippen molar-refractivity contribution in [3.8, 4) is 0 Å². The summed E-state index contributed by atoms with van der Waals surface area (Å²) in [4.78, 5) is 14.7. The molecule has 0 aliphatic heterocycles. The molecule has 1 saturated carbocycles. The molecule has 0 atom stereocenters. The number of hydrogen-bond donors (Lipinski definition) is 2. The Balaban J connectivity index is 1.80. The number of carbonyl (C=O) groups is 1. The molecule has 0 spiro atoms. The summed E-state index contributed by atoms with van der Waals surface area (Å²) in [5.74, 6) is 0.0636. The van der Waals surface area contributed by atoms with Gasteiger partial charge in [-0.05, 0) is 25.0 Å². The summed E-state index contributed by atoms with van der Waals surface area (Å²) in [6.45, 7) is 0.697. The highest BCUT2D eigenvalue weighted by Gasteiger charge is 2.25. The van der Waals surface area contributed by atoms with Crippen LogP contribution in [0.2, 0.25) is 0 Å². The van der Waals surface area contributed by atoms with Gasteiger partial charge in [0.15, 0.2) is 0 Å². The predicted molar refractivity (Wildman–Crippen MR) is 95.5 cm³/mol. The SMILES string of the molecule is N=Cc1cccc2c1ccn2CC(=O)N(CCO)C1CCCCC1. The van der Waals surface area contributed by atoms with Crippen LogP contribution in [-0.2, 0) is 11.3 Å². The van der Waals surface area contributed by atoms with Crippen LogP contribution in [0.3, 0.4) is 0 Å². The number of rotatable bonds is 6. The number of nitrogens with zero attached hydrogens (tertiary/aromatic N) is 2. The molecule has 0 unspecified atom stereocenters. The third kappa shape index (κ3) is 3.36.